The van der Waals surface area contributed by atoms with Crippen LogP contribution >= 0.6 is 0 Å². The molecule has 94 valence electrons. The van der Waals surface area contributed by atoms with Gasteiger partial charge in [0.2, 0.25) is 11.8 Å². The fourth-order valence-corrected chi connectivity index (χ4v) is 2.63. The lowest BCUT2D eigenvalue weighted by atomic mass is 9.85. The summed E-state index contributed by atoms with van der Waals surface area (Å²) in [5, 5.41) is 3.20. The van der Waals surface area contributed by atoms with Crippen LogP contribution in [0.25, 0.3) is 0 Å². The fourth-order valence-electron chi connectivity index (χ4n) is 2.63. The molecule has 1 fully saturated rings. The Morgan fingerprint density at radius 1 is 1.24 bits per heavy atom. The van der Waals surface area contributed by atoms with Crippen LogP contribution in [0.3, 0.4) is 0 Å². The van der Waals surface area contributed by atoms with E-state index in [0.717, 1.165) is 32.4 Å². The van der Waals surface area contributed by atoms with E-state index < -0.39 is 0 Å². The van der Waals surface area contributed by atoms with Gasteiger partial charge < -0.3 is 5.32 Å². The Labute approximate surface area is 102 Å². The summed E-state index contributed by atoms with van der Waals surface area (Å²) in [6, 6.07) is 0. The molecule has 0 aromatic carbocycles. The minimum Gasteiger partial charge on any atom is -0.317 e. The number of likely N-dealkylation sites (tertiary alicyclic amines) is 1. The smallest absolute Gasteiger partial charge is 0.233 e. The van der Waals surface area contributed by atoms with E-state index in [0.29, 0.717) is 6.54 Å². The van der Waals surface area contributed by atoms with E-state index in [1.165, 1.54) is 4.90 Å². The molecule has 0 aromatic rings. The van der Waals surface area contributed by atoms with Gasteiger partial charge in [-0.1, -0.05) is 19.1 Å². The van der Waals surface area contributed by atoms with Crippen molar-refractivity contribution in [2.75, 3.05) is 19.6 Å². The van der Waals surface area contributed by atoms with Crippen molar-refractivity contribution in [1.82, 2.24) is 10.2 Å². The van der Waals surface area contributed by atoms with Crippen LogP contribution in [0.2, 0.25) is 0 Å². The van der Waals surface area contributed by atoms with Crippen LogP contribution in [0.1, 0.15) is 26.2 Å². The Morgan fingerprint density at radius 2 is 1.82 bits per heavy atom. The van der Waals surface area contributed by atoms with Crippen molar-refractivity contribution in [1.29, 1.82) is 0 Å². The van der Waals surface area contributed by atoms with Gasteiger partial charge in [0.05, 0.1) is 11.8 Å². The van der Waals surface area contributed by atoms with E-state index in [1.54, 1.807) is 0 Å². The van der Waals surface area contributed by atoms with E-state index in [9.17, 15) is 9.59 Å². The fraction of sp³-hybridized carbons (Fsp3) is 0.692. The average Bonchev–Trinajstić information content (AvgIpc) is 2.60. The number of rotatable bonds is 5. The average molecular weight is 236 g/mol. The van der Waals surface area contributed by atoms with Gasteiger partial charge in [0, 0.05) is 6.54 Å². The monoisotopic (exact) mass is 236 g/mol. The molecule has 0 bridgehead atoms. The molecule has 0 aromatic heterocycles. The Bertz CT molecular complexity index is 312. The van der Waals surface area contributed by atoms with Crippen molar-refractivity contribution >= 4 is 11.8 Å². The van der Waals surface area contributed by atoms with Crippen LogP contribution in [0, 0.1) is 11.8 Å². The summed E-state index contributed by atoms with van der Waals surface area (Å²) in [5.74, 6) is -0.0695. The predicted octanol–water partition coefficient (Wildman–Crippen LogP) is 0.937. The predicted molar refractivity (Wildman–Crippen MR) is 65.2 cm³/mol. The van der Waals surface area contributed by atoms with Crippen molar-refractivity contribution in [3.63, 3.8) is 0 Å². The third kappa shape index (κ3) is 2.41. The molecular weight excluding hydrogens is 216 g/mol. The Kier molecular flexibility index (Phi) is 3.94. The number of fused-ring (bicyclic) bond motifs is 1. The van der Waals surface area contributed by atoms with E-state index in [4.69, 9.17) is 0 Å². The Balaban J connectivity index is 1.91. The molecule has 2 amide bonds. The zero-order valence-corrected chi connectivity index (χ0v) is 10.3. The number of hydrogen-bond donors (Lipinski definition) is 1. The SMILES string of the molecule is CCNCCCN1C(=O)[C@H]2CC=CC[C@H]2C1=O. The Morgan fingerprint density at radius 3 is 2.35 bits per heavy atom. The van der Waals surface area contributed by atoms with Crippen molar-refractivity contribution in [3.8, 4) is 0 Å². The third-order valence-electron chi connectivity index (χ3n) is 3.58. The van der Waals surface area contributed by atoms with Crippen molar-refractivity contribution in [3.05, 3.63) is 12.2 Å². The first-order valence-electron chi connectivity index (χ1n) is 6.46. The highest BCUT2D eigenvalue weighted by atomic mass is 16.2. The molecule has 17 heavy (non-hydrogen) atoms. The van der Waals surface area contributed by atoms with E-state index in [1.807, 2.05) is 19.1 Å². The molecule has 0 radical (unpaired) electrons. The number of carbonyl (C=O) groups is 2. The summed E-state index contributed by atoms with van der Waals surface area (Å²) < 4.78 is 0. The molecule has 1 saturated heterocycles. The third-order valence-corrected chi connectivity index (χ3v) is 3.58. The van der Waals surface area contributed by atoms with E-state index in [-0.39, 0.29) is 23.7 Å². The van der Waals surface area contributed by atoms with Gasteiger partial charge in [-0.05, 0) is 32.4 Å². The van der Waals surface area contributed by atoms with E-state index in [2.05, 4.69) is 5.32 Å². The number of allylic oxidation sites excluding steroid dienone is 2. The normalized spacial score (nSPS) is 27.7. The van der Waals surface area contributed by atoms with Gasteiger partial charge >= 0.3 is 0 Å². The van der Waals surface area contributed by atoms with Crippen LogP contribution in [0.15, 0.2) is 12.2 Å². The molecule has 2 aliphatic rings. The minimum atomic E-state index is -0.0772. The summed E-state index contributed by atoms with van der Waals surface area (Å²) >= 11 is 0. The van der Waals surface area contributed by atoms with Crippen LogP contribution < -0.4 is 5.32 Å². The molecule has 0 saturated carbocycles. The van der Waals surface area contributed by atoms with Gasteiger partial charge in [-0.3, -0.25) is 14.5 Å². The van der Waals surface area contributed by atoms with E-state index >= 15 is 0 Å². The molecule has 1 aliphatic carbocycles. The summed E-state index contributed by atoms with van der Waals surface area (Å²) in [6.07, 6.45) is 6.36. The minimum absolute atomic E-state index is 0.0425. The first-order valence-corrected chi connectivity index (χ1v) is 6.46. The van der Waals surface area contributed by atoms with Crippen LogP contribution in [0.5, 0.6) is 0 Å². The number of hydrogen-bond acceptors (Lipinski definition) is 3. The number of amides is 2. The first kappa shape index (κ1) is 12.3. The maximum absolute atomic E-state index is 12.1. The van der Waals surface area contributed by atoms with Crippen LogP contribution in [-0.2, 0) is 9.59 Å². The number of nitrogens with zero attached hydrogens (tertiary/aromatic N) is 1. The molecular formula is C13H20N2O2. The lowest BCUT2D eigenvalue weighted by Gasteiger charge is -2.14. The second kappa shape index (κ2) is 5.45. The summed E-state index contributed by atoms with van der Waals surface area (Å²) in [6.45, 7) is 4.41. The standard InChI is InChI=1S/C13H20N2O2/c1-2-14-8-5-9-15-12(16)10-6-3-4-7-11(10)13(15)17/h3-4,10-11,14H,2,5-9H2,1H3/t10-,11+. The Hall–Kier alpha value is -1.16. The quantitative estimate of drug-likeness (QED) is 0.439. The molecule has 1 heterocycles. The second-order valence-electron chi connectivity index (χ2n) is 4.69. The highest BCUT2D eigenvalue weighted by molar-refractivity contribution is 6.05. The van der Waals surface area contributed by atoms with Gasteiger partial charge in [0.1, 0.15) is 0 Å². The topological polar surface area (TPSA) is 49.4 Å². The first-order chi connectivity index (χ1) is 8.25. The summed E-state index contributed by atoms with van der Waals surface area (Å²) in [7, 11) is 0. The molecule has 1 aliphatic heterocycles. The van der Waals surface area contributed by atoms with Gasteiger partial charge in [-0.25, -0.2) is 0 Å². The summed E-state index contributed by atoms with van der Waals surface area (Å²) in [4.78, 5) is 25.6. The maximum atomic E-state index is 12.1. The van der Waals surface area contributed by atoms with Gasteiger partial charge in [-0.15, -0.1) is 0 Å². The highest BCUT2D eigenvalue weighted by Gasteiger charge is 2.46. The van der Waals surface area contributed by atoms with Gasteiger partial charge in [0.15, 0.2) is 0 Å². The summed E-state index contributed by atoms with van der Waals surface area (Å²) in [5.41, 5.74) is 0. The van der Waals surface area contributed by atoms with Gasteiger partial charge in [0.25, 0.3) is 0 Å². The second-order valence-corrected chi connectivity index (χ2v) is 4.69. The van der Waals surface area contributed by atoms with Crippen molar-refractivity contribution in [2.24, 2.45) is 11.8 Å². The molecule has 2 atom stereocenters. The van der Waals surface area contributed by atoms with Crippen LogP contribution in [-0.4, -0.2) is 36.3 Å². The lowest BCUT2D eigenvalue weighted by molar-refractivity contribution is -0.139. The zero-order chi connectivity index (χ0) is 12.3. The molecule has 0 unspecified atom stereocenters. The zero-order valence-electron chi connectivity index (χ0n) is 10.3. The van der Waals surface area contributed by atoms with Crippen molar-refractivity contribution in [2.45, 2.75) is 26.2 Å². The van der Waals surface area contributed by atoms with Crippen molar-refractivity contribution < 1.29 is 9.59 Å². The number of nitrogens with one attached hydrogen (secondary N) is 1. The number of imide groups is 1. The lowest BCUT2D eigenvalue weighted by Crippen LogP contribution is -2.33. The number of carbonyl (C=O) groups excluding carboxylic acids is 2. The van der Waals surface area contributed by atoms with Gasteiger partial charge in [-0.2, -0.15) is 0 Å². The molecule has 2 rings (SSSR count). The molecule has 4 heteroatoms. The molecule has 1 N–H and O–H groups in total. The maximum Gasteiger partial charge on any atom is 0.233 e. The molecule has 0 spiro atoms. The van der Waals surface area contributed by atoms with Crippen LogP contribution in [0.4, 0.5) is 0 Å². The molecule has 4 nitrogen and oxygen atoms in total. The largest absolute Gasteiger partial charge is 0.317 e. The highest BCUT2D eigenvalue weighted by Crippen LogP contribution is 2.34.